The Bertz CT molecular complexity index is 762. The Kier molecular flexibility index (Phi) is 2.72. The first-order valence-corrected chi connectivity index (χ1v) is 7.55. The van der Waals surface area contributed by atoms with Gasteiger partial charge in [0.05, 0.1) is 10.9 Å². The second-order valence-corrected chi connectivity index (χ2v) is 5.80. The molecule has 3 heteroatoms. The molecular weight excluding hydrogens is 248 g/mol. The number of aromatic nitrogens is 2. The van der Waals surface area contributed by atoms with Gasteiger partial charge in [0.1, 0.15) is 5.82 Å². The zero-order chi connectivity index (χ0) is 13.5. The third-order valence-electron chi connectivity index (χ3n) is 4.60. The number of fused-ring (bicyclic) bond motifs is 2. The number of allylic oxidation sites excluding steroid dienone is 2. The van der Waals surface area contributed by atoms with Crippen molar-refractivity contribution in [3.8, 4) is 0 Å². The Morgan fingerprint density at radius 2 is 1.80 bits per heavy atom. The molecular formula is C17H18N2O. The molecule has 0 spiro atoms. The second kappa shape index (κ2) is 4.58. The molecule has 0 radical (unpaired) electrons. The van der Waals surface area contributed by atoms with Gasteiger partial charge in [0.15, 0.2) is 0 Å². The van der Waals surface area contributed by atoms with E-state index in [0.29, 0.717) is 0 Å². The molecule has 2 heterocycles. The largest absolute Gasteiger partial charge is 0.292 e. The lowest BCUT2D eigenvalue weighted by molar-refractivity contribution is 0.599. The first kappa shape index (κ1) is 11.9. The van der Waals surface area contributed by atoms with Gasteiger partial charge in [0.25, 0.3) is 5.56 Å². The average Bonchev–Trinajstić information content (AvgIpc) is 2.92. The summed E-state index contributed by atoms with van der Waals surface area (Å²) < 4.78 is 1.87. The number of rotatable bonds is 0. The maximum Gasteiger partial charge on any atom is 0.261 e. The molecule has 102 valence electrons. The van der Waals surface area contributed by atoms with Crippen molar-refractivity contribution in [3.63, 3.8) is 0 Å². The first-order chi connectivity index (χ1) is 9.84. The van der Waals surface area contributed by atoms with Crippen LogP contribution >= 0.6 is 0 Å². The molecule has 1 saturated carbocycles. The van der Waals surface area contributed by atoms with Gasteiger partial charge in [-0.15, -0.1) is 0 Å². The Hall–Kier alpha value is -1.90. The number of hydrogen-bond acceptors (Lipinski definition) is 2. The highest BCUT2D eigenvalue weighted by molar-refractivity contribution is 5.80. The van der Waals surface area contributed by atoms with E-state index in [4.69, 9.17) is 4.98 Å². The summed E-state index contributed by atoms with van der Waals surface area (Å²) in [5.41, 5.74) is 3.86. The molecule has 0 bridgehead atoms. The summed E-state index contributed by atoms with van der Waals surface area (Å²) in [6.07, 6.45) is 7.28. The molecule has 2 aliphatic rings. The van der Waals surface area contributed by atoms with Crippen LogP contribution in [0.5, 0.6) is 0 Å². The lowest BCUT2D eigenvalue weighted by atomic mass is 9.90. The van der Waals surface area contributed by atoms with E-state index in [1.54, 1.807) is 5.57 Å². The fourth-order valence-corrected chi connectivity index (χ4v) is 3.56. The molecule has 1 aromatic carbocycles. The van der Waals surface area contributed by atoms with Crippen LogP contribution in [-0.4, -0.2) is 9.55 Å². The van der Waals surface area contributed by atoms with Gasteiger partial charge in [-0.1, -0.05) is 24.1 Å². The van der Waals surface area contributed by atoms with Crippen LogP contribution in [0.1, 0.15) is 44.3 Å². The highest BCUT2D eigenvalue weighted by Gasteiger charge is 2.24. The lowest BCUT2D eigenvalue weighted by Gasteiger charge is -2.16. The predicted octanol–water partition coefficient (Wildman–Crippen LogP) is 3.52. The van der Waals surface area contributed by atoms with Crippen molar-refractivity contribution in [3.05, 3.63) is 46.0 Å². The number of nitrogens with zero attached hydrogens (tertiary/aromatic N) is 2. The lowest BCUT2D eigenvalue weighted by Crippen LogP contribution is -2.20. The Labute approximate surface area is 118 Å². The molecule has 1 aliphatic carbocycles. The van der Waals surface area contributed by atoms with Crippen molar-refractivity contribution in [2.24, 2.45) is 0 Å². The van der Waals surface area contributed by atoms with E-state index < -0.39 is 0 Å². The first-order valence-electron chi connectivity index (χ1n) is 7.55. The fraction of sp³-hybridized carbons (Fsp3) is 0.412. The van der Waals surface area contributed by atoms with Crippen LogP contribution in [0.25, 0.3) is 16.5 Å². The quantitative estimate of drug-likeness (QED) is 0.731. The van der Waals surface area contributed by atoms with Crippen LogP contribution in [0.2, 0.25) is 0 Å². The van der Waals surface area contributed by atoms with Gasteiger partial charge in [-0.25, -0.2) is 4.98 Å². The molecule has 0 saturated heterocycles. The zero-order valence-corrected chi connectivity index (χ0v) is 11.6. The maximum atomic E-state index is 12.5. The SMILES string of the molecule is O=c1c2ccccc2nc2n1CCC2=C1CCCCC1. The van der Waals surface area contributed by atoms with Gasteiger partial charge in [-0.05, 0) is 49.8 Å². The zero-order valence-electron chi connectivity index (χ0n) is 11.6. The molecule has 0 unspecified atom stereocenters. The molecule has 20 heavy (non-hydrogen) atoms. The van der Waals surface area contributed by atoms with Gasteiger partial charge in [0.2, 0.25) is 0 Å². The van der Waals surface area contributed by atoms with E-state index >= 15 is 0 Å². The molecule has 1 aliphatic heterocycles. The summed E-state index contributed by atoms with van der Waals surface area (Å²) >= 11 is 0. The summed E-state index contributed by atoms with van der Waals surface area (Å²) in [5.74, 6) is 0.936. The normalized spacial score (nSPS) is 18.6. The molecule has 2 aromatic rings. The maximum absolute atomic E-state index is 12.5. The van der Waals surface area contributed by atoms with Crippen LogP contribution in [0.4, 0.5) is 0 Å². The minimum Gasteiger partial charge on any atom is -0.292 e. The molecule has 1 aromatic heterocycles. The van der Waals surface area contributed by atoms with Crippen LogP contribution in [0, 0.1) is 0 Å². The van der Waals surface area contributed by atoms with E-state index in [2.05, 4.69) is 0 Å². The van der Waals surface area contributed by atoms with E-state index in [1.165, 1.54) is 37.7 Å². The molecule has 0 amide bonds. The molecule has 1 fully saturated rings. The summed E-state index contributed by atoms with van der Waals surface area (Å²) in [7, 11) is 0. The number of benzene rings is 1. The average molecular weight is 266 g/mol. The van der Waals surface area contributed by atoms with Crippen molar-refractivity contribution in [2.45, 2.75) is 45.1 Å². The van der Waals surface area contributed by atoms with Gasteiger partial charge in [-0.3, -0.25) is 9.36 Å². The van der Waals surface area contributed by atoms with Gasteiger partial charge in [-0.2, -0.15) is 0 Å². The number of hydrogen-bond donors (Lipinski definition) is 0. The Balaban J connectivity index is 1.96. The van der Waals surface area contributed by atoms with Crippen molar-refractivity contribution in [1.82, 2.24) is 9.55 Å². The van der Waals surface area contributed by atoms with Crippen molar-refractivity contribution >= 4 is 16.5 Å². The van der Waals surface area contributed by atoms with E-state index in [0.717, 1.165) is 29.7 Å². The fourth-order valence-electron chi connectivity index (χ4n) is 3.56. The van der Waals surface area contributed by atoms with Gasteiger partial charge in [0, 0.05) is 6.54 Å². The standard InChI is InChI=1S/C17H18N2O/c20-17-14-8-4-5-9-15(14)18-16-13(10-11-19(16)17)12-6-2-1-3-7-12/h4-5,8-9H,1-3,6-7,10-11H2. The van der Waals surface area contributed by atoms with Crippen LogP contribution in [0.15, 0.2) is 34.6 Å². The Morgan fingerprint density at radius 1 is 1.00 bits per heavy atom. The van der Waals surface area contributed by atoms with E-state index in [1.807, 2.05) is 28.8 Å². The minimum absolute atomic E-state index is 0.122. The third kappa shape index (κ3) is 1.73. The second-order valence-electron chi connectivity index (χ2n) is 5.80. The molecule has 0 atom stereocenters. The summed E-state index contributed by atoms with van der Waals surface area (Å²) in [4.78, 5) is 17.3. The topological polar surface area (TPSA) is 34.9 Å². The summed E-state index contributed by atoms with van der Waals surface area (Å²) in [6.45, 7) is 0.796. The summed E-state index contributed by atoms with van der Waals surface area (Å²) in [5, 5.41) is 0.742. The van der Waals surface area contributed by atoms with Crippen molar-refractivity contribution in [1.29, 1.82) is 0 Å². The van der Waals surface area contributed by atoms with Crippen molar-refractivity contribution < 1.29 is 0 Å². The Morgan fingerprint density at radius 3 is 2.65 bits per heavy atom. The van der Waals surface area contributed by atoms with Crippen LogP contribution < -0.4 is 5.56 Å². The van der Waals surface area contributed by atoms with Crippen LogP contribution in [0.3, 0.4) is 0 Å². The van der Waals surface area contributed by atoms with Crippen LogP contribution in [-0.2, 0) is 6.54 Å². The third-order valence-corrected chi connectivity index (χ3v) is 4.60. The van der Waals surface area contributed by atoms with Crippen molar-refractivity contribution in [2.75, 3.05) is 0 Å². The van der Waals surface area contributed by atoms with E-state index in [-0.39, 0.29) is 5.56 Å². The highest BCUT2D eigenvalue weighted by atomic mass is 16.1. The summed E-state index contributed by atoms with van der Waals surface area (Å²) in [6, 6.07) is 7.69. The van der Waals surface area contributed by atoms with Gasteiger partial charge >= 0.3 is 0 Å². The molecule has 3 nitrogen and oxygen atoms in total. The predicted molar refractivity (Wildman–Crippen MR) is 80.6 cm³/mol. The van der Waals surface area contributed by atoms with E-state index in [9.17, 15) is 4.79 Å². The smallest absolute Gasteiger partial charge is 0.261 e. The van der Waals surface area contributed by atoms with Gasteiger partial charge < -0.3 is 0 Å². The highest BCUT2D eigenvalue weighted by Crippen LogP contribution is 2.35. The molecule has 0 N–H and O–H groups in total. The molecule has 4 rings (SSSR count). The number of para-hydroxylation sites is 1. The monoisotopic (exact) mass is 266 g/mol. The minimum atomic E-state index is 0.122.